The number of nitrogens with zero attached hydrogens (tertiary/aromatic N) is 2. The van der Waals surface area contributed by atoms with Gasteiger partial charge in [0.05, 0.1) is 18.3 Å². The molecule has 3 aliphatic carbocycles. The smallest absolute Gasteiger partial charge is 0.410 e. The molecule has 5 amide bonds. The number of amides is 5. The number of halogens is 1. The van der Waals surface area contributed by atoms with Crippen LogP contribution in [0, 0.1) is 23.6 Å². The molecule has 0 aromatic heterocycles. The van der Waals surface area contributed by atoms with Crippen molar-refractivity contribution in [1.29, 1.82) is 0 Å². The summed E-state index contributed by atoms with van der Waals surface area (Å²) in [7, 11) is -3.90. The normalized spacial score (nSPS) is 31.8. The topological polar surface area (TPSA) is 181 Å². The molecule has 52 heavy (non-hydrogen) atoms. The number of nitrogens with one attached hydrogen (secondary N) is 3. The zero-order valence-corrected chi connectivity index (χ0v) is 30.6. The van der Waals surface area contributed by atoms with Crippen LogP contribution in [0.4, 0.5) is 14.0 Å². The van der Waals surface area contributed by atoms with Gasteiger partial charge in [0, 0.05) is 18.5 Å². The molecule has 0 spiro atoms. The molecule has 0 bridgehead atoms. The molecule has 1 aromatic carbocycles. The van der Waals surface area contributed by atoms with Crippen molar-refractivity contribution in [1.82, 2.24) is 25.2 Å². The van der Waals surface area contributed by atoms with Gasteiger partial charge in [0.1, 0.15) is 35.1 Å². The molecule has 16 heteroatoms. The Bertz CT molecular complexity index is 1760. The summed E-state index contributed by atoms with van der Waals surface area (Å²) in [6.07, 6.45) is 2.99. The van der Waals surface area contributed by atoms with Crippen molar-refractivity contribution in [3.05, 3.63) is 35.1 Å². The molecule has 3 saturated carbocycles. The van der Waals surface area contributed by atoms with E-state index in [0.29, 0.717) is 36.3 Å². The average molecular weight is 746 g/mol. The highest BCUT2D eigenvalue weighted by atomic mass is 32.2. The van der Waals surface area contributed by atoms with Crippen LogP contribution < -0.4 is 15.4 Å². The van der Waals surface area contributed by atoms with E-state index in [4.69, 9.17) is 9.47 Å². The van der Waals surface area contributed by atoms with Crippen LogP contribution in [0.3, 0.4) is 0 Å². The first-order valence-electron chi connectivity index (χ1n) is 18.4. The highest BCUT2D eigenvalue weighted by Gasteiger charge is 2.69. The SMILES string of the molecule is CC(C)(C)OC(=O)N[C@H]1CCCCC[C@@H]2C[C@@H]2C2C[C@@]2(C(=O)NS(=O)(=O)C2CC2)NC(=O)[C@@H]2C[C@@H](OC(=O)N3Cc4cccc(F)c4C3)CN2C1=O. The molecule has 6 aliphatic rings. The van der Waals surface area contributed by atoms with Gasteiger partial charge in [-0.2, -0.15) is 0 Å². The Balaban J connectivity index is 1.14. The molecule has 3 aliphatic heterocycles. The first-order chi connectivity index (χ1) is 24.5. The van der Waals surface area contributed by atoms with E-state index in [0.717, 1.165) is 25.7 Å². The van der Waals surface area contributed by atoms with E-state index in [-0.39, 0.29) is 50.7 Å². The van der Waals surface area contributed by atoms with Crippen molar-refractivity contribution < 1.29 is 46.3 Å². The summed E-state index contributed by atoms with van der Waals surface area (Å²) < 4.78 is 53.7. The van der Waals surface area contributed by atoms with Gasteiger partial charge in [-0.25, -0.2) is 22.4 Å². The van der Waals surface area contributed by atoms with Crippen molar-refractivity contribution in [2.24, 2.45) is 17.8 Å². The summed E-state index contributed by atoms with van der Waals surface area (Å²) in [5, 5.41) is 4.95. The van der Waals surface area contributed by atoms with Gasteiger partial charge >= 0.3 is 12.2 Å². The quantitative estimate of drug-likeness (QED) is 0.408. The minimum absolute atomic E-state index is 0.00689. The summed E-state index contributed by atoms with van der Waals surface area (Å²) in [5.41, 5.74) is -1.23. The lowest BCUT2D eigenvalue weighted by atomic mass is 10.0. The van der Waals surface area contributed by atoms with Gasteiger partial charge in [-0.1, -0.05) is 37.8 Å². The van der Waals surface area contributed by atoms with Gasteiger partial charge < -0.3 is 25.0 Å². The van der Waals surface area contributed by atoms with Crippen LogP contribution in [0.2, 0.25) is 0 Å². The van der Waals surface area contributed by atoms with Crippen molar-refractivity contribution in [3.8, 4) is 0 Å². The van der Waals surface area contributed by atoms with Gasteiger partial charge in [-0.05, 0) is 82.3 Å². The van der Waals surface area contributed by atoms with Gasteiger partial charge in [0.15, 0.2) is 0 Å². The number of benzene rings is 1. The maximum absolute atomic E-state index is 14.4. The molecule has 5 fully saturated rings. The number of carbonyl (C=O) groups is 5. The van der Waals surface area contributed by atoms with E-state index in [9.17, 15) is 36.8 Å². The summed E-state index contributed by atoms with van der Waals surface area (Å²) >= 11 is 0. The maximum Gasteiger partial charge on any atom is 0.410 e. The number of sulfonamides is 1. The highest BCUT2D eigenvalue weighted by molar-refractivity contribution is 7.91. The summed E-state index contributed by atoms with van der Waals surface area (Å²) in [4.78, 5) is 71.3. The van der Waals surface area contributed by atoms with Crippen LogP contribution >= 0.6 is 0 Å². The molecule has 2 saturated heterocycles. The van der Waals surface area contributed by atoms with Crippen molar-refractivity contribution in [2.45, 2.75) is 133 Å². The number of ether oxygens (including phenoxy) is 2. The third kappa shape index (κ3) is 7.58. The Labute approximate surface area is 302 Å². The van der Waals surface area contributed by atoms with Gasteiger partial charge in [-0.15, -0.1) is 0 Å². The fourth-order valence-corrected chi connectivity index (χ4v) is 9.65. The van der Waals surface area contributed by atoms with Crippen molar-refractivity contribution >= 4 is 39.9 Å². The molecule has 14 nitrogen and oxygen atoms in total. The van der Waals surface area contributed by atoms with Crippen LogP contribution in [-0.4, -0.2) is 89.2 Å². The Morgan fingerprint density at radius 1 is 1.02 bits per heavy atom. The van der Waals surface area contributed by atoms with E-state index in [1.807, 2.05) is 0 Å². The van der Waals surface area contributed by atoms with Gasteiger partial charge in [0.2, 0.25) is 21.8 Å². The molecule has 3 heterocycles. The van der Waals surface area contributed by atoms with Crippen LogP contribution in [0.25, 0.3) is 0 Å². The molecule has 0 radical (unpaired) electrons. The zero-order chi connectivity index (χ0) is 37.2. The fourth-order valence-electron chi connectivity index (χ4n) is 8.29. The number of fused-ring (bicyclic) bond motifs is 5. The molecular weight excluding hydrogens is 697 g/mol. The van der Waals surface area contributed by atoms with Gasteiger partial charge in [0.25, 0.3) is 5.91 Å². The number of hydrogen-bond acceptors (Lipinski definition) is 9. The molecule has 1 aromatic rings. The number of rotatable bonds is 5. The standard InChI is InChI=1S/C36H48FN5O9S/c1-35(2,3)51-33(46)38-28-11-6-4-5-8-20-14-24(20)26-16-36(26,32(45)40-52(48,49)23-12-13-23)39-30(43)29-15-22(18-42(29)31(28)44)50-34(47)41-17-21-9-7-10-27(37)25(21)19-41/h7,9-10,20,22-24,26,28-29H,4-6,8,11-19H2,1-3H3,(H,38,46)(H,39,43)(H,40,45)/t20-,22-,24+,26?,28+,29+,36-/m1/s1. The Morgan fingerprint density at radius 2 is 1.77 bits per heavy atom. The summed E-state index contributed by atoms with van der Waals surface area (Å²) in [6, 6.07) is 2.37. The summed E-state index contributed by atoms with van der Waals surface area (Å²) in [6.45, 7) is 5.08. The Kier molecular flexibility index (Phi) is 9.43. The lowest BCUT2D eigenvalue weighted by Gasteiger charge is -2.30. The lowest BCUT2D eigenvalue weighted by Crippen LogP contribution is -2.58. The Morgan fingerprint density at radius 3 is 2.48 bits per heavy atom. The number of hydrogen-bond donors (Lipinski definition) is 3. The van der Waals surface area contributed by atoms with E-state index in [2.05, 4.69) is 15.4 Å². The van der Waals surface area contributed by atoms with Crippen LogP contribution in [0.5, 0.6) is 0 Å². The second-order valence-corrected chi connectivity index (χ2v) is 18.4. The predicted molar refractivity (Wildman–Crippen MR) is 183 cm³/mol. The third-order valence-electron chi connectivity index (χ3n) is 11.3. The van der Waals surface area contributed by atoms with Crippen LogP contribution in [0.1, 0.15) is 96.1 Å². The molecule has 3 N–H and O–H groups in total. The third-order valence-corrected chi connectivity index (χ3v) is 13.1. The highest BCUT2D eigenvalue weighted by Crippen LogP contribution is 2.61. The molecule has 1 unspecified atom stereocenters. The molecule has 7 atom stereocenters. The summed E-state index contributed by atoms with van der Waals surface area (Å²) in [5.74, 6) is -2.19. The minimum atomic E-state index is -3.90. The average Bonchev–Trinajstić information content (AvgIpc) is 4.00. The molecule has 7 rings (SSSR count). The number of alkyl carbamates (subject to hydrolysis) is 1. The van der Waals surface area contributed by atoms with E-state index >= 15 is 0 Å². The lowest BCUT2D eigenvalue weighted by molar-refractivity contribution is -0.141. The first-order valence-corrected chi connectivity index (χ1v) is 20.0. The minimum Gasteiger partial charge on any atom is -0.444 e. The second kappa shape index (κ2) is 13.5. The van der Waals surface area contributed by atoms with Gasteiger partial charge in [-0.3, -0.25) is 24.0 Å². The maximum atomic E-state index is 14.4. The van der Waals surface area contributed by atoms with Crippen molar-refractivity contribution in [3.63, 3.8) is 0 Å². The molecular formula is C36H48FN5O9S. The van der Waals surface area contributed by atoms with E-state index in [1.165, 1.54) is 15.9 Å². The predicted octanol–water partition coefficient (Wildman–Crippen LogP) is 3.22. The largest absolute Gasteiger partial charge is 0.444 e. The van der Waals surface area contributed by atoms with E-state index < -0.39 is 80.3 Å². The van der Waals surface area contributed by atoms with E-state index in [1.54, 1.807) is 32.9 Å². The number of carbonyl (C=O) groups excluding carboxylic acids is 5. The van der Waals surface area contributed by atoms with Crippen molar-refractivity contribution in [2.75, 3.05) is 6.54 Å². The monoisotopic (exact) mass is 745 g/mol. The zero-order valence-electron chi connectivity index (χ0n) is 29.8. The first kappa shape index (κ1) is 36.4. The second-order valence-electron chi connectivity index (χ2n) is 16.4. The van der Waals surface area contributed by atoms with Crippen LogP contribution in [-0.2, 0) is 47.0 Å². The molecule has 284 valence electrons. The van der Waals surface area contributed by atoms with Crippen LogP contribution in [0.15, 0.2) is 18.2 Å². The fraction of sp³-hybridized carbons (Fsp3) is 0.694. The Hall–Kier alpha value is -3.95.